The van der Waals surface area contributed by atoms with Crippen molar-refractivity contribution in [1.82, 2.24) is 9.80 Å². The lowest BCUT2D eigenvalue weighted by Gasteiger charge is -2.26. The largest absolute Gasteiger partial charge is 0.507 e. The zero-order valence-corrected chi connectivity index (χ0v) is 17.7. The first-order valence-corrected chi connectivity index (χ1v) is 10.1. The molecule has 1 amide bonds. The number of rotatable bonds is 8. The number of hydrogen-bond donors (Lipinski definition) is 1. The highest BCUT2D eigenvalue weighted by atomic mass is 16.5. The Hall–Kier alpha value is -3.12. The molecule has 0 unspecified atom stereocenters. The topological polar surface area (TPSA) is 70.1 Å². The number of Topliss-reactive ketones (excluding diaryl/α,β-unsaturated/α-hetero) is 1. The quantitative estimate of drug-likeness (QED) is 0.412. The van der Waals surface area contributed by atoms with E-state index in [0.717, 1.165) is 12.0 Å². The third-order valence-electron chi connectivity index (χ3n) is 5.04. The van der Waals surface area contributed by atoms with Crippen molar-refractivity contribution in [3.8, 4) is 5.75 Å². The molecule has 6 nitrogen and oxygen atoms in total. The van der Waals surface area contributed by atoms with Crippen LogP contribution in [0.15, 0.2) is 60.2 Å². The Morgan fingerprint density at radius 2 is 1.73 bits per heavy atom. The van der Waals surface area contributed by atoms with Crippen molar-refractivity contribution in [2.75, 3.05) is 33.8 Å². The standard InChI is InChI=1S/C24H28N2O4/c1-4-16-30-19-12-10-18(11-13-19)22(27)20-21(17-8-6-5-7-9-17)26(15-14-25(2)3)24(29)23(20)28/h5-13,21,27H,4,14-16H2,1-3H3/b22-20+/t21-/m0/s1. The number of likely N-dealkylation sites (N-methyl/N-ethyl adjacent to an activating group) is 1. The number of ether oxygens (including phenoxy) is 1. The van der Waals surface area contributed by atoms with Crippen molar-refractivity contribution >= 4 is 17.4 Å². The van der Waals surface area contributed by atoms with Crippen LogP contribution < -0.4 is 4.74 Å². The molecule has 0 spiro atoms. The van der Waals surface area contributed by atoms with Crippen molar-refractivity contribution in [2.45, 2.75) is 19.4 Å². The highest BCUT2D eigenvalue weighted by molar-refractivity contribution is 6.46. The van der Waals surface area contributed by atoms with E-state index in [2.05, 4.69) is 0 Å². The highest BCUT2D eigenvalue weighted by Gasteiger charge is 2.45. The minimum absolute atomic E-state index is 0.118. The fourth-order valence-electron chi connectivity index (χ4n) is 3.48. The van der Waals surface area contributed by atoms with Crippen LogP contribution in [0.5, 0.6) is 5.75 Å². The van der Waals surface area contributed by atoms with Crippen LogP contribution in [-0.2, 0) is 9.59 Å². The number of hydrogen-bond acceptors (Lipinski definition) is 5. The minimum atomic E-state index is -0.661. The average Bonchev–Trinajstić information content (AvgIpc) is 3.01. The van der Waals surface area contributed by atoms with Gasteiger partial charge in [-0.1, -0.05) is 37.3 Å². The van der Waals surface area contributed by atoms with Gasteiger partial charge in [-0.15, -0.1) is 0 Å². The van der Waals surface area contributed by atoms with Gasteiger partial charge in [0.2, 0.25) is 0 Å². The van der Waals surface area contributed by atoms with Crippen molar-refractivity contribution < 1.29 is 19.4 Å². The normalized spacial score (nSPS) is 18.3. The van der Waals surface area contributed by atoms with Crippen LogP contribution >= 0.6 is 0 Å². The third-order valence-corrected chi connectivity index (χ3v) is 5.04. The van der Waals surface area contributed by atoms with Gasteiger partial charge in [0.25, 0.3) is 11.7 Å². The molecule has 2 aromatic rings. The molecule has 158 valence electrons. The van der Waals surface area contributed by atoms with Gasteiger partial charge in [0.05, 0.1) is 18.2 Å². The van der Waals surface area contributed by atoms with Crippen LogP contribution in [0, 0.1) is 0 Å². The molecule has 0 aromatic heterocycles. The maximum Gasteiger partial charge on any atom is 0.295 e. The van der Waals surface area contributed by atoms with Crippen LogP contribution in [0.1, 0.15) is 30.5 Å². The molecule has 3 rings (SSSR count). The first-order valence-electron chi connectivity index (χ1n) is 10.1. The summed E-state index contributed by atoms with van der Waals surface area (Å²) in [5, 5.41) is 11.0. The summed E-state index contributed by atoms with van der Waals surface area (Å²) in [5.74, 6) is -0.724. The molecule has 1 aliphatic heterocycles. The lowest BCUT2D eigenvalue weighted by atomic mass is 9.95. The van der Waals surface area contributed by atoms with E-state index >= 15 is 0 Å². The van der Waals surface area contributed by atoms with Gasteiger partial charge in [-0.05, 0) is 50.3 Å². The van der Waals surface area contributed by atoms with E-state index in [1.807, 2.05) is 56.3 Å². The molecule has 0 aliphatic carbocycles. The summed E-state index contributed by atoms with van der Waals surface area (Å²) in [6.07, 6.45) is 0.898. The molecule has 1 N–H and O–H groups in total. The fraction of sp³-hybridized carbons (Fsp3) is 0.333. The van der Waals surface area contributed by atoms with E-state index in [-0.39, 0.29) is 11.3 Å². The molecule has 6 heteroatoms. The Bertz CT molecular complexity index is 920. The predicted molar refractivity (Wildman–Crippen MR) is 116 cm³/mol. The molecular formula is C24H28N2O4. The summed E-state index contributed by atoms with van der Waals surface area (Å²) < 4.78 is 5.58. The van der Waals surface area contributed by atoms with Gasteiger partial charge in [-0.25, -0.2) is 0 Å². The SMILES string of the molecule is CCCOc1ccc(/C(O)=C2\C(=O)C(=O)N(CCN(C)C)[C@H]2c2ccccc2)cc1. The number of nitrogens with zero attached hydrogens (tertiary/aromatic N) is 2. The number of ketones is 1. The number of aliphatic hydroxyl groups is 1. The van der Waals surface area contributed by atoms with Crippen LogP contribution in [0.3, 0.4) is 0 Å². The second kappa shape index (κ2) is 9.59. The maximum absolute atomic E-state index is 12.9. The second-order valence-electron chi connectivity index (χ2n) is 7.58. The molecule has 1 atom stereocenters. The molecule has 1 heterocycles. The summed E-state index contributed by atoms with van der Waals surface area (Å²) in [6.45, 7) is 3.63. The zero-order valence-electron chi connectivity index (χ0n) is 17.7. The summed E-state index contributed by atoms with van der Waals surface area (Å²) >= 11 is 0. The monoisotopic (exact) mass is 408 g/mol. The fourth-order valence-corrected chi connectivity index (χ4v) is 3.48. The van der Waals surface area contributed by atoms with E-state index in [9.17, 15) is 14.7 Å². The molecule has 0 radical (unpaired) electrons. The average molecular weight is 408 g/mol. The Labute approximate surface area is 177 Å². The van der Waals surface area contributed by atoms with Crippen LogP contribution in [0.4, 0.5) is 0 Å². The first-order chi connectivity index (χ1) is 14.4. The zero-order chi connectivity index (χ0) is 21.7. The van der Waals surface area contributed by atoms with Gasteiger partial charge in [-0.2, -0.15) is 0 Å². The van der Waals surface area contributed by atoms with Crippen molar-refractivity contribution in [3.05, 3.63) is 71.3 Å². The number of carbonyl (C=O) groups is 2. The van der Waals surface area contributed by atoms with Crippen molar-refractivity contribution in [1.29, 1.82) is 0 Å². The number of benzene rings is 2. The third kappa shape index (κ3) is 4.54. The lowest BCUT2D eigenvalue weighted by Crippen LogP contribution is -2.35. The number of aliphatic hydroxyl groups excluding tert-OH is 1. The first kappa shape index (κ1) is 21.6. The highest BCUT2D eigenvalue weighted by Crippen LogP contribution is 2.39. The molecule has 2 aromatic carbocycles. The Morgan fingerprint density at radius 1 is 1.07 bits per heavy atom. The van der Waals surface area contributed by atoms with Gasteiger partial charge < -0.3 is 19.6 Å². The van der Waals surface area contributed by atoms with Gasteiger partial charge in [-0.3, -0.25) is 9.59 Å². The predicted octanol–water partition coefficient (Wildman–Crippen LogP) is 3.46. The molecule has 1 fully saturated rings. The molecule has 30 heavy (non-hydrogen) atoms. The maximum atomic E-state index is 12.9. The van der Waals surface area contributed by atoms with E-state index < -0.39 is 17.7 Å². The Kier molecular flexibility index (Phi) is 6.90. The van der Waals surface area contributed by atoms with E-state index in [1.165, 1.54) is 0 Å². The summed E-state index contributed by atoms with van der Waals surface area (Å²) in [5.41, 5.74) is 1.39. The van der Waals surface area contributed by atoms with E-state index in [4.69, 9.17) is 4.74 Å². The van der Waals surface area contributed by atoms with Gasteiger partial charge in [0.15, 0.2) is 0 Å². The molecule has 1 saturated heterocycles. The summed E-state index contributed by atoms with van der Waals surface area (Å²) in [4.78, 5) is 29.2. The van der Waals surface area contributed by atoms with E-state index in [1.54, 1.807) is 29.2 Å². The van der Waals surface area contributed by atoms with Crippen LogP contribution in [-0.4, -0.2) is 60.4 Å². The molecule has 0 bridgehead atoms. The number of carbonyl (C=O) groups excluding carboxylic acids is 2. The van der Waals surface area contributed by atoms with Crippen LogP contribution in [0.2, 0.25) is 0 Å². The van der Waals surface area contributed by atoms with Gasteiger partial charge in [0, 0.05) is 18.7 Å². The molecule has 1 aliphatic rings. The summed E-state index contributed by atoms with van der Waals surface area (Å²) in [6, 6.07) is 15.6. The Balaban J connectivity index is 2.03. The van der Waals surface area contributed by atoms with Gasteiger partial charge in [0.1, 0.15) is 11.5 Å². The smallest absolute Gasteiger partial charge is 0.295 e. The number of likely N-dealkylation sites (tertiary alicyclic amines) is 1. The second-order valence-corrected chi connectivity index (χ2v) is 7.58. The number of amides is 1. The minimum Gasteiger partial charge on any atom is -0.507 e. The molecule has 0 saturated carbocycles. The van der Waals surface area contributed by atoms with Crippen molar-refractivity contribution in [2.24, 2.45) is 0 Å². The van der Waals surface area contributed by atoms with Gasteiger partial charge >= 0.3 is 0 Å². The summed E-state index contributed by atoms with van der Waals surface area (Å²) in [7, 11) is 3.83. The molecular weight excluding hydrogens is 380 g/mol. The Morgan fingerprint density at radius 3 is 2.33 bits per heavy atom. The van der Waals surface area contributed by atoms with Crippen LogP contribution in [0.25, 0.3) is 5.76 Å². The van der Waals surface area contributed by atoms with Crippen molar-refractivity contribution in [3.63, 3.8) is 0 Å². The van der Waals surface area contributed by atoms with E-state index in [0.29, 0.717) is 31.0 Å². The lowest BCUT2D eigenvalue weighted by molar-refractivity contribution is -0.140.